The molecule has 0 saturated carbocycles. The number of carbonyl (C=O) groups excluding carboxylic acids is 2. The maximum atomic E-state index is 12.3. The maximum absolute atomic E-state index is 12.3. The van der Waals surface area contributed by atoms with Gasteiger partial charge in [0.25, 0.3) is 5.91 Å². The van der Waals surface area contributed by atoms with E-state index < -0.39 is 28.0 Å². The van der Waals surface area contributed by atoms with Crippen molar-refractivity contribution in [3.05, 3.63) is 29.8 Å². The van der Waals surface area contributed by atoms with Gasteiger partial charge in [0, 0.05) is 13.1 Å². The number of rotatable bonds is 5. The highest BCUT2D eigenvalue weighted by Crippen LogP contribution is 2.21. The molecular formula is C14H18N2O5S. The third-order valence-corrected chi connectivity index (χ3v) is 5.39. The average molecular weight is 326 g/mol. The predicted molar refractivity (Wildman–Crippen MR) is 78.5 cm³/mol. The fourth-order valence-electron chi connectivity index (χ4n) is 2.13. The van der Waals surface area contributed by atoms with Gasteiger partial charge in [0.05, 0.1) is 10.5 Å². The number of ether oxygens (including phenoxy) is 1. The van der Waals surface area contributed by atoms with E-state index in [1.807, 2.05) is 0 Å². The average Bonchev–Trinajstić information content (AvgIpc) is 3.02. The number of amides is 1. The smallest absolute Gasteiger partial charge is 0.338 e. The van der Waals surface area contributed by atoms with Gasteiger partial charge in [-0.25, -0.2) is 13.2 Å². The molecular weight excluding hydrogens is 308 g/mol. The van der Waals surface area contributed by atoms with Gasteiger partial charge < -0.3 is 10.5 Å². The van der Waals surface area contributed by atoms with Gasteiger partial charge in [-0.05, 0) is 44.0 Å². The molecule has 1 aromatic rings. The van der Waals surface area contributed by atoms with Crippen LogP contribution in [0.1, 0.15) is 30.1 Å². The Balaban J connectivity index is 2.13. The SMILES string of the molecule is CC(OC(=O)c1ccc(S(=O)(=O)N2CCCC2)cc1)C(N)=O. The molecule has 1 atom stereocenters. The highest BCUT2D eigenvalue weighted by atomic mass is 32.2. The van der Waals surface area contributed by atoms with Crippen LogP contribution in [0, 0.1) is 0 Å². The van der Waals surface area contributed by atoms with Crippen molar-refractivity contribution in [3.63, 3.8) is 0 Å². The molecule has 120 valence electrons. The molecule has 1 aliphatic heterocycles. The van der Waals surface area contributed by atoms with Gasteiger partial charge in [-0.3, -0.25) is 4.79 Å². The maximum Gasteiger partial charge on any atom is 0.338 e. The summed E-state index contributed by atoms with van der Waals surface area (Å²) in [6.07, 6.45) is 0.670. The van der Waals surface area contributed by atoms with Gasteiger partial charge in [0.15, 0.2) is 6.10 Å². The molecule has 0 aliphatic carbocycles. The fraction of sp³-hybridized carbons (Fsp3) is 0.429. The summed E-state index contributed by atoms with van der Waals surface area (Å²) in [5.74, 6) is -1.47. The van der Waals surface area contributed by atoms with Crippen LogP contribution < -0.4 is 5.73 Å². The molecule has 8 heteroatoms. The van der Waals surface area contributed by atoms with Crippen molar-refractivity contribution >= 4 is 21.9 Å². The molecule has 0 bridgehead atoms. The van der Waals surface area contributed by atoms with Gasteiger partial charge in [0.1, 0.15) is 0 Å². The van der Waals surface area contributed by atoms with Crippen LogP contribution in [0.2, 0.25) is 0 Å². The Morgan fingerprint density at radius 3 is 2.23 bits per heavy atom. The summed E-state index contributed by atoms with van der Waals surface area (Å²) in [5.41, 5.74) is 5.17. The Kier molecular flexibility index (Phi) is 4.82. The number of carbonyl (C=O) groups is 2. The van der Waals surface area contributed by atoms with Crippen LogP contribution in [0.25, 0.3) is 0 Å². The van der Waals surface area contributed by atoms with Gasteiger partial charge in [-0.2, -0.15) is 4.31 Å². The Labute approximate surface area is 129 Å². The molecule has 22 heavy (non-hydrogen) atoms. The first kappa shape index (κ1) is 16.4. The predicted octanol–water partition coefficient (Wildman–Crippen LogP) is 0.502. The van der Waals surface area contributed by atoms with E-state index in [9.17, 15) is 18.0 Å². The zero-order chi connectivity index (χ0) is 16.3. The summed E-state index contributed by atoms with van der Waals surface area (Å²) in [6.45, 7) is 2.40. The van der Waals surface area contributed by atoms with Crippen LogP contribution in [-0.2, 0) is 19.6 Å². The second-order valence-corrected chi connectivity index (χ2v) is 7.02. The molecule has 1 amide bonds. The Hall–Kier alpha value is -1.93. The first-order chi connectivity index (χ1) is 10.3. The summed E-state index contributed by atoms with van der Waals surface area (Å²) < 4.78 is 30.9. The van der Waals surface area contributed by atoms with E-state index in [-0.39, 0.29) is 10.5 Å². The molecule has 0 radical (unpaired) electrons. The largest absolute Gasteiger partial charge is 0.449 e. The van der Waals surface area contributed by atoms with E-state index in [2.05, 4.69) is 0 Å². The highest BCUT2D eigenvalue weighted by Gasteiger charge is 2.27. The minimum absolute atomic E-state index is 0.133. The fourth-order valence-corrected chi connectivity index (χ4v) is 3.64. The molecule has 2 N–H and O–H groups in total. The topological polar surface area (TPSA) is 107 Å². The van der Waals surface area contributed by atoms with E-state index >= 15 is 0 Å². The van der Waals surface area contributed by atoms with Crippen molar-refractivity contribution in [2.45, 2.75) is 30.8 Å². The lowest BCUT2D eigenvalue weighted by atomic mass is 10.2. The minimum atomic E-state index is -3.51. The third kappa shape index (κ3) is 3.45. The molecule has 2 rings (SSSR count). The van der Waals surface area contributed by atoms with E-state index in [1.165, 1.54) is 35.5 Å². The lowest BCUT2D eigenvalue weighted by molar-refractivity contribution is -0.125. The summed E-state index contributed by atoms with van der Waals surface area (Å²) in [4.78, 5) is 22.8. The lowest BCUT2D eigenvalue weighted by Gasteiger charge is -2.15. The van der Waals surface area contributed by atoms with E-state index in [0.29, 0.717) is 13.1 Å². The second-order valence-electron chi connectivity index (χ2n) is 5.09. The van der Waals surface area contributed by atoms with Crippen molar-refractivity contribution in [3.8, 4) is 0 Å². The molecule has 1 unspecified atom stereocenters. The quantitative estimate of drug-likeness (QED) is 0.793. The van der Waals surface area contributed by atoms with Crippen LogP contribution in [-0.4, -0.2) is 43.8 Å². The number of hydrogen-bond acceptors (Lipinski definition) is 5. The van der Waals surface area contributed by atoms with Crippen molar-refractivity contribution < 1.29 is 22.7 Å². The zero-order valence-electron chi connectivity index (χ0n) is 12.2. The third-order valence-electron chi connectivity index (χ3n) is 3.48. The molecule has 1 aromatic carbocycles. The summed E-state index contributed by atoms with van der Waals surface area (Å²) >= 11 is 0. The number of benzene rings is 1. The Morgan fingerprint density at radius 2 is 1.73 bits per heavy atom. The van der Waals surface area contributed by atoms with Crippen LogP contribution in [0.15, 0.2) is 29.2 Å². The van der Waals surface area contributed by atoms with Crippen molar-refractivity contribution in [2.75, 3.05) is 13.1 Å². The standard InChI is InChI=1S/C14H18N2O5S/c1-10(13(15)17)21-14(18)11-4-6-12(7-5-11)22(19,20)16-8-2-3-9-16/h4-7,10H,2-3,8-9H2,1H3,(H2,15,17). The Bertz CT molecular complexity index is 663. The lowest BCUT2D eigenvalue weighted by Crippen LogP contribution is -2.30. The molecule has 1 saturated heterocycles. The molecule has 0 aromatic heterocycles. The van der Waals surface area contributed by atoms with Crippen LogP contribution >= 0.6 is 0 Å². The minimum Gasteiger partial charge on any atom is -0.449 e. The van der Waals surface area contributed by atoms with Crippen molar-refractivity contribution in [1.82, 2.24) is 4.31 Å². The molecule has 1 heterocycles. The van der Waals surface area contributed by atoms with Crippen LogP contribution in [0.4, 0.5) is 0 Å². The Morgan fingerprint density at radius 1 is 1.18 bits per heavy atom. The first-order valence-corrected chi connectivity index (χ1v) is 8.37. The highest BCUT2D eigenvalue weighted by molar-refractivity contribution is 7.89. The second kappa shape index (κ2) is 6.45. The summed E-state index contributed by atoms with van der Waals surface area (Å²) in [6, 6.07) is 5.44. The van der Waals surface area contributed by atoms with Crippen molar-refractivity contribution in [1.29, 1.82) is 0 Å². The molecule has 7 nitrogen and oxygen atoms in total. The first-order valence-electron chi connectivity index (χ1n) is 6.93. The molecule has 1 aliphatic rings. The van der Waals surface area contributed by atoms with E-state index in [4.69, 9.17) is 10.5 Å². The van der Waals surface area contributed by atoms with Gasteiger partial charge in [-0.15, -0.1) is 0 Å². The summed E-state index contributed by atoms with van der Waals surface area (Å²) in [7, 11) is -3.51. The number of sulfonamides is 1. The van der Waals surface area contributed by atoms with Crippen molar-refractivity contribution in [2.24, 2.45) is 5.73 Å². The van der Waals surface area contributed by atoms with Gasteiger partial charge in [0.2, 0.25) is 10.0 Å². The van der Waals surface area contributed by atoms with Gasteiger partial charge >= 0.3 is 5.97 Å². The normalized spacial score (nSPS) is 17.1. The van der Waals surface area contributed by atoms with Gasteiger partial charge in [-0.1, -0.05) is 0 Å². The zero-order valence-corrected chi connectivity index (χ0v) is 13.0. The van der Waals surface area contributed by atoms with E-state index in [1.54, 1.807) is 0 Å². The number of hydrogen-bond donors (Lipinski definition) is 1. The number of primary amides is 1. The number of esters is 1. The summed E-state index contributed by atoms with van der Waals surface area (Å²) in [5, 5.41) is 0. The van der Waals surface area contributed by atoms with E-state index in [0.717, 1.165) is 12.8 Å². The monoisotopic (exact) mass is 326 g/mol. The number of nitrogens with two attached hydrogens (primary N) is 1. The van der Waals surface area contributed by atoms with Crippen LogP contribution in [0.5, 0.6) is 0 Å². The molecule has 1 fully saturated rings. The number of nitrogens with zero attached hydrogens (tertiary/aromatic N) is 1. The van der Waals surface area contributed by atoms with Crippen LogP contribution in [0.3, 0.4) is 0 Å². The molecule has 0 spiro atoms.